The van der Waals surface area contributed by atoms with Gasteiger partial charge in [0.15, 0.2) is 0 Å². The predicted molar refractivity (Wildman–Crippen MR) is 52.4 cm³/mol. The molecule has 82 valence electrons. The lowest BCUT2D eigenvalue weighted by Crippen LogP contribution is -2.34. The summed E-state index contributed by atoms with van der Waals surface area (Å²) in [5.41, 5.74) is -0.622. The van der Waals surface area contributed by atoms with Crippen LogP contribution in [0.2, 0.25) is 0 Å². The molecule has 0 aliphatic heterocycles. The predicted octanol–water partition coefficient (Wildman–Crippen LogP) is 1.80. The molecule has 1 unspecified atom stereocenters. The smallest absolute Gasteiger partial charge is 0.325 e. The van der Waals surface area contributed by atoms with Gasteiger partial charge in [0.1, 0.15) is 10.5 Å². The molecule has 0 radical (unpaired) electrons. The van der Waals surface area contributed by atoms with E-state index in [0.717, 1.165) is 0 Å². The minimum absolute atomic E-state index is 0.346. The van der Waals surface area contributed by atoms with Gasteiger partial charge in [-0.3, -0.25) is 9.59 Å². The normalized spacial score (nSPS) is 15.8. The van der Waals surface area contributed by atoms with Crippen LogP contribution < -0.4 is 0 Å². The molecule has 0 aromatic heterocycles. The van der Waals surface area contributed by atoms with E-state index in [1.54, 1.807) is 20.8 Å². The molecule has 0 bridgehead atoms. The van der Waals surface area contributed by atoms with Crippen LogP contribution in [0.25, 0.3) is 0 Å². The van der Waals surface area contributed by atoms with E-state index in [1.165, 1.54) is 6.92 Å². The summed E-state index contributed by atoms with van der Waals surface area (Å²) in [7, 11) is 0. The summed E-state index contributed by atoms with van der Waals surface area (Å²) in [5, 5.41) is 8.65. The molecule has 0 aromatic rings. The van der Waals surface area contributed by atoms with Crippen molar-refractivity contribution in [1.82, 2.24) is 0 Å². The Bertz CT molecular complexity index is 240. The minimum atomic E-state index is -1.59. The van der Waals surface area contributed by atoms with Gasteiger partial charge in [0, 0.05) is 0 Å². The summed E-state index contributed by atoms with van der Waals surface area (Å²) >= 11 is 5.59. The molecule has 4 nitrogen and oxygen atoms in total. The highest BCUT2D eigenvalue weighted by Gasteiger charge is 2.35. The number of carbonyl (C=O) groups excluding carboxylic acids is 1. The molecular weight excluding hydrogens is 208 g/mol. The topological polar surface area (TPSA) is 63.6 Å². The van der Waals surface area contributed by atoms with Crippen molar-refractivity contribution in [3.8, 4) is 0 Å². The number of carbonyl (C=O) groups is 2. The van der Waals surface area contributed by atoms with E-state index in [2.05, 4.69) is 0 Å². The maximum absolute atomic E-state index is 11.2. The number of alkyl halides is 1. The van der Waals surface area contributed by atoms with Crippen LogP contribution in [0.15, 0.2) is 0 Å². The van der Waals surface area contributed by atoms with E-state index in [9.17, 15) is 9.59 Å². The van der Waals surface area contributed by atoms with Gasteiger partial charge < -0.3 is 9.84 Å². The van der Waals surface area contributed by atoms with Gasteiger partial charge in [-0.2, -0.15) is 0 Å². The Morgan fingerprint density at radius 2 is 1.71 bits per heavy atom. The molecule has 0 amide bonds. The standard InChI is InChI=1S/C9H15ClO4/c1-8(2,3)14-6(11)5-9(4,10)7(12)13/h5H2,1-4H3,(H,12,13). The zero-order chi connectivity index (χ0) is 11.6. The van der Waals surface area contributed by atoms with Gasteiger partial charge in [-0.1, -0.05) is 0 Å². The van der Waals surface area contributed by atoms with Crippen molar-refractivity contribution in [2.24, 2.45) is 0 Å². The van der Waals surface area contributed by atoms with E-state index < -0.39 is 22.4 Å². The number of hydrogen-bond acceptors (Lipinski definition) is 3. The van der Waals surface area contributed by atoms with Crippen LogP contribution in [0.5, 0.6) is 0 Å². The van der Waals surface area contributed by atoms with Gasteiger partial charge in [0.2, 0.25) is 0 Å². The van der Waals surface area contributed by atoms with Crippen LogP contribution in [-0.4, -0.2) is 27.5 Å². The van der Waals surface area contributed by atoms with Crippen molar-refractivity contribution in [1.29, 1.82) is 0 Å². The van der Waals surface area contributed by atoms with Crippen molar-refractivity contribution in [3.63, 3.8) is 0 Å². The van der Waals surface area contributed by atoms with Crippen molar-refractivity contribution in [2.75, 3.05) is 0 Å². The van der Waals surface area contributed by atoms with Crippen LogP contribution in [0, 0.1) is 0 Å². The molecule has 1 N–H and O–H groups in total. The zero-order valence-corrected chi connectivity index (χ0v) is 9.51. The second kappa shape index (κ2) is 4.17. The fourth-order valence-electron chi connectivity index (χ4n) is 0.724. The van der Waals surface area contributed by atoms with E-state index in [1.807, 2.05) is 0 Å². The molecular formula is C9H15ClO4. The summed E-state index contributed by atoms with van der Waals surface area (Å²) < 4.78 is 4.94. The Labute approximate surface area is 88.2 Å². The van der Waals surface area contributed by atoms with E-state index in [-0.39, 0.29) is 6.42 Å². The average Bonchev–Trinajstić information content (AvgIpc) is 1.79. The number of carboxylic acid groups (broad SMARTS) is 1. The Morgan fingerprint density at radius 3 is 2.00 bits per heavy atom. The molecule has 14 heavy (non-hydrogen) atoms. The highest BCUT2D eigenvalue weighted by molar-refractivity contribution is 6.34. The van der Waals surface area contributed by atoms with Gasteiger partial charge in [-0.25, -0.2) is 0 Å². The second-order valence-corrected chi connectivity index (χ2v) is 5.10. The molecule has 0 aliphatic rings. The first-order valence-electron chi connectivity index (χ1n) is 4.19. The number of aliphatic carboxylic acids is 1. The molecule has 1 atom stereocenters. The van der Waals surface area contributed by atoms with Crippen molar-refractivity contribution >= 4 is 23.5 Å². The highest BCUT2D eigenvalue weighted by Crippen LogP contribution is 2.21. The number of hydrogen-bond donors (Lipinski definition) is 1. The first kappa shape index (κ1) is 13.2. The fraction of sp³-hybridized carbons (Fsp3) is 0.778. The summed E-state index contributed by atoms with van der Waals surface area (Å²) in [5.74, 6) is -1.84. The quantitative estimate of drug-likeness (QED) is 0.584. The summed E-state index contributed by atoms with van der Waals surface area (Å²) in [6, 6.07) is 0. The molecule has 0 fully saturated rings. The number of carboxylic acids is 1. The lowest BCUT2D eigenvalue weighted by atomic mass is 10.1. The third-order valence-corrected chi connectivity index (χ3v) is 1.64. The van der Waals surface area contributed by atoms with Gasteiger partial charge in [-0.15, -0.1) is 11.6 Å². The largest absolute Gasteiger partial charge is 0.480 e. The highest BCUT2D eigenvalue weighted by atomic mass is 35.5. The third kappa shape index (κ3) is 5.07. The molecule has 0 spiro atoms. The molecule has 5 heteroatoms. The molecule has 0 saturated carbocycles. The zero-order valence-electron chi connectivity index (χ0n) is 8.76. The molecule has 0 aliphatic carbocycles. The van der Waals surface area contributed by atoms with Crippen molar-refractivity contribution in [3.05, 3.63) is 0 Å². The van der Waals surface area contributed by atoms with E-state index >= 15 is 0 Å². The summed E-state index contributed by atoms with van der Waals surface area (Å²) in [6.45, 7) is 6.38. The van der Waals surface area contributed by atoms with Gasteiger partial charge in [0.05, 0.1) is 6.42 Å². The fourth-order valence-corrected chi connectivity index (χ4v) is 0.833. The minimum Gasteiger partial charge on any atom is -0.480 e. The number of rotatable bonds is 3. The number of halogens is 1. The van der Waals surface area contributed by atoms with Gasteiger partial charge in [-0.05, 0) is 27.7 Å². The molecule has 0 aromatic carbocycles. The first-order chi connectivity index (χ1) is 6.04. The number of ether oxygens (including phenoxy) is 1. The Kier molecular flexibility index (Phi) is 3.94. The third-order valence-electron chi connectivity index (χ3n) is 1.34. The molecule has 0 rings (SSSR count). The van der Waals surface area contributed by atoms with E-state index in [0.29, 0.717) is 0 Å². The molecule has 0 heterocycles. The van der Waals surface area contributed by atoms with Crippen LogP contribution in [-0.2, 0) is 14.3 Å². The average molecular weight is 223 g/mol. The van der Waals surface area contributed by atoms with Crippen molar-refractivity contribution in [2.45, 2.75) is 44.6 Å². The monoisotopic (exact) mass is 222 g/mol. The molecule has 0 saturated heterocycles. The SMILES string of the molecule is CC(C)(C)OC(=O)CC(C)(Cl)C(=O)O. The lowest BCUT2D eigenvalue weighted by molar-refractivity contribution is -0.158. The maximum Gasteiger partial charge on any atom is 0.325 e. The van der Waals surface area contributed by atoms with Crippen LogP contribution in [0.3, 0.4) is 0 Å². The van der Waals surface area contributed by atoms with Gasteiger partial charge >= 0.3 is 11.9 Å². The van der Waals surface area contributed by atoms with Crippen LogP contribution in [0.1, 0.15) is 34.1 Å². The second-order valence-electron chi connectivity index (χ2n) is 4.27. The summed E-state index contributed by atoms with van der Waals surface area (Å²) in [4.78, 5) is 20.2. The number of esters is 1. The Hall–Kier alpha value is -0.770. The van der Waals surface area contributed by atoms with Gasteiger partial charge in [0.25, 0.3) is 0 Å². The van der Waals surface area contributed by atoms with Crippen LogP contribution >= 0.6 is 11.6 Å². The Balaban J connectivity index is 4.27. The summed E-state index contributed by atoms with van der Waals surface area (Å²) in [6.07, 6.45) is -0.346. The Morgan fingerprint density at radius 1 is 1.29 bits per heavy atom. The van der Waals surface area contributed by atoms with E-state index in [4.69, 9.17) is 21.4 Å². The lowest BCUT2D eigenvalue weighted by Gasteiger charge is -2.22. The first-order valence-corrected chi connectivity index (χ1v) is 4.56. The van der Waals surface area contributed by atoms with Crippen LogP contribution in [0.4, 0.5) is 0 Å². The van der Waals surface area contributed by atoms with Crippen molar-refractivity contribution < 1.29 is 19.4 Å². The maximum atomic E-state index is 11.2.